The summed E-state index contributed by atoms with van der Waals surface area (Å²) in [6, 6.07) is 1.34. The van der Waals surface area contributed by atoms with Crippen LogP contribution in [0.4, 0.5) is 0 Å². The van der Waals surface area contributed by atoms with E-state index in [1.807, 2.05) is 0 Å². The lowest BCUT2D eigenvalue weighted by Crippen LogP contribution is -2.36. The van der Waals surface area contributed by atoms with Crippen LogP contribution in [-0.4, -0.2) is 42.5 Å². The Morgan fingerprint density at radius 1 is 1.29 bits per heavy atom. The Bertz CT molecular complexity index is 545. The van der Waals surface area contributed by atoms with E-state index in [1.165, 1.54) is 12.3 Å². The number of amides is 2. The van der Waals surface area contributed by atoms with Crippen LogP contribution in [0.3, 0.4) is 0 Å². The molecule has 0 spiro atoms. The molecule has 114 valence electrons. The molecule has 0 fully saturated rings. The van der Waals surface area contributed by atoms with Crippen molar-refractivity contribution in [2.45, 2.75) is 13.8 Å². The van der Waals surface area contributed by atoms with Crippen LogP contribution in [0.5, 0.6) is 5.75 Å². The Balaban J connectivity index is 3.06. The van der Waals surface area contributed by atoms with Crippen LogP contribution in [0.25, 0.3) is 0 Å². The predicted octanol–water partition coefficient (Wildman–Crippen LogP) is -0.128. The normalized spacial score (nSPS) is 9.86. The maximum absolute atomic E-state index is 11.9. The molecule has 8 heteroatoms. The molecule has 0 aliphatic carbocycles. The lowest BCUT2D eigenvalue weighted by molar-refractivity contribution is -0.118. The van der Waals surface area contributed by atoms with Crippen LogP contribution in [0.15, 0.2) is 12.3 Å². The molecule has 1 rings (SSSR count). The minimum Gasteiger partial charge on any atom is -0.491 e. The number of nitrogens with two attached hydrogens (primary N) is 1. The Morgan fingerprint density at radius 2 is 2.00 bits per heavy atom. The number of hydrogen-bond donors (Lipinski definition) is 2. The number of pyridine rings is 1. The van der Waals surface area contributed by atoms with Gasteiger partial charge < -0.3 is 15.2 Å². The number of rotatable bonds is 6. The fraction of sp³-hybridized carbons (Fsp3) is 0.385. The second-order valence-electron chi connectivity index (χ2n) is 3.81. The van der Waals surface area contributed by atoms with Gasteiger partial charge in [0, 0.05) is 6.20 Å². The van der Waals surface area contributed by atoms with E-state index < -0.39 is 17.8 Å². The molecule has 2 amide bonds. The highest BCUT2D eigenvalue weighted by atomic mass is 16.5. The molecular formula is C13H17N3O5. The van der Waals surface area contributed by atoms with Crippen LogP contribution < -0.4 is 15.8 Å². The van der Waals surface area contributed by atoms with E-state index in [4.69, 9.17) is 15.2 Å². The molecule has 1 heterocycles. The van der Waals surface area contributed by atoms with E-state index in [-0.39, 0.29) is 36.8 Å². The van der Waals surface area contributed by atoms with Gasteiger partial charge in [0.25, 0.3) is 5.91 Å². The van der Waals surface area contributed by atoms with Gasteiger partial charge in [0.1, 0.15) is 0 Å². The summed E-state index contributed by atoms with van der Waals surface area (Å²) in [4.78, 5) is 38.5. The zero-order valence-electron chi connectivity index (χ0n) is 11.8. The second-order valence-corrected chi connectivity index (χ2v) is 3.81. The quantitative estimate of drug-likeness (QED) is 0.701. The van der Waals surface area contributed by atoms with Crippen molar-refractivity contribution in [1.82, 2.24) is 10.3 Å². The molecule has 8 nitrogen and oxygen atoms in total. The average Bonchev–Trinajstić information content (AvgIpc) is 2.47. The maximum atomic E-state index is 11.9. The molecule has 0 bridgehead atoms. The number of carbonyl (C=O) groups excluding carboxylic acids is 3. The molecule has 0 atom stereocenters. The Hall–Kier alpha value is -2.48. The van der Waals surface area contributed by atoms with Crippen molar-refractivity contribution < 1.29 is 23.9 Å². The van der Waals surface area contributed by atoms with Gasteiger partial charge in [0.2, 0.25) is 5.91 Å². The van der Waals surface area contributed by atoms with Gasteiger partial charge in [-0.1, -0.05) is 0 Å². The number of nitrogens with zero attached hydrogens (tertiary/aromatic N) is 1. The monoisotopic (exact) mass is 295 g/mol. The summed E-state index contributed by atoms with van der Waals surface area (Å²) < 4.78 is 10.1. The standard InChI is InChI=1S/C13H17N3O5/c1-3-20-9-5-8(13(19)21-4-2)7-15-11(9)12(18)16-10(17)6-14/h5,7H,3-4,6,14H2,1-2H3,(H,16,17,18). The lowest BCUT2D eigenvalue weighted by atomic mass is 10.2. The van der Waals surface area contributed by atoms with Crippen LogP contribution >= 0.6 is 0 Å². The predicted molar refractivity (Wildman–Crippen MR) is 72.9 cm³/mol. The smallest absolute Gasteiger partial charge is 0.339 e. The molecule has 3 N–H and O–H groups in total. The Labute approximate surface area is 121 Å². The summed E-state index contributed by atoms with van der Waals surface area (Å²) in [6.07, 6.45) is 1.18. The number of esters is 1. The molecule has 1 aromatic heterocycles. The summed E-state index contributed by atoms with van der Waals surface area (Å²) in [7, 11) is 0. The Kier molecular flexibility index (Phi) is 6.28. The van der Waals surface area contributed by atoms with Crippen LogP contribution in [0.1, 0.15) is 34.7 Å². The first-order chi connectivity index (χ1) is 10.0. The van der Waals surface area contributed by atoms with Crippen molar-refractivity contribution >= 4 is 17.8 Å². The van der Waals surface area contributed by atoms with Crippen LogP contribution in [0, 0.1) is 0 Å². The highest BCUT2D eigenvalue weighted by Crippen LogP contribution is 2.18. The van der Waals surface area contributed by atoms with Gasteiger partial charge in [-0.2, -0.15) is 0 Å². The van der Waals surface area contributed by atoms with Crippen LogP contribution in [0.2, 0.25) is 0 Å². The van der Waals surface area contributed by atoms with E-state index in [0.29, 0.717) is 0 Å². The first-order valence-corrected chi connectivity index (χ1v) is 6.37. The zero-order chi connectivity index (χ0) is 15.8. The van der Waals surface area contributed by atoms with Gasteiger partial charge in [-0.05, 0) is 19.9 Å². The van der Waals surface area contributed by atoms with Crippen molar-refractivity contribution in [1.29, 1.82) is 0 Å². The summed E-state index contributed by atoms with van der Waals surface area (Å²) in [6.45, 7) is 3.55. The molecule has 0 saturated heterocycles. The third kappa shape index (κ3) is 4.53. The maximum Gasteiger partial charge on any atom is 0.339 e. The van der Waals surface area contributed by atoms with Crippen molar-refractivity contribution in [2.75, 3.05) is 19.8 Å². The summed E-state index contributed by atoms with van der Waals surface area (Å²) in [5.41, 5.74) is 5.16. The van der Waals surface area contributed by atoms with E-state index in [9.17, 15) is 14.4 Å². The highest BCUT2D eigenvalue weighted by Gasteiger charge is 2.19. The van der Waals surface area contributed by atoms with E-state index >= 15 is 0 Å². The van der Waals surface area contributed by atoms with Crippen molar-refractivity contribution in [3.8, 4) is 5.75 Å². The fourth-order valence-corrected chi connectivity index (χ4v) is 1.44. The SMILES string of the molecule is CCOC(=O)c1cnc(C(=O)NC(=O)CN)c(OCC)c1. The van der Waals surface area contributed by atoms with Gasteiger partial charge in [0.15, 0.2) is 11.4 Å². The largest absolute Gasteiger partial charge is 0.491 e. The van der Waals surface area contributed by atoms with Gasteiger partial charge in [-0.25, -0.2) is 9.78 Å². The summed E-state index contributed by atoms with van der Waals surface area (Å²) >= 11 is 0. The Morgan fingerprint density at radius 3 is 2.57 bits per heavy atom. The number of aromatic nitrogens is 1. The van der Waals surface area contributed by atoms with Crippen molar-refractivity contribution in [2.24, 2.45) is 5.73 Å². The zero-order valence-corrected chi connectivity index (χ0v) is 11.8. The van der Waals surface area contributed by atoms with Crippen LogP contribution in [-0.2, 0) is 9.53 Å². The van der Waals surface area contributed by atoms with E-state index in [2.05, 4.69) is 10.3 Å². The molecule has 0 saturated carbocycles. The molecule has 0 unspecified atom stereocenters. The third-order valence-corrected chi connectivity index (χ3v) is 2.32. The molecule has 0 aliphatic heterocycles. The van der Waals surface area contributed by atoms with Gasteiger partial charge in [-0.3, -0.25) is 14.9 Å². The topological polar surface area (TPSA) is 121 Å². The average molecular weight is 295 g/mol. The minimum absolute atomic E-state index is 0.0883. The van der Waals surface area contributed by atoms with Gasteiger partial charge >= 0.3 is 5.97 Å². The minimum atomic E-state index is -0.746. The van der Waals surface area contributed by atoms with Gasteiger partial charge in [0.05, 0.1) is 25.3 Å². The van der Waals surface area contributed by atoms with E-state index in [1.54, 1.807) is 13.8 Å². The second kappa shape index (κ2) is 7.95. The first kappa shape index (κ1) is 16.6. The number of hydrogen-bond acceptors (Lipinski definition) is 7. The number of imide groups is 1. The first-order valence-electron chi connectivity index (χ1n) is 6.37. The van der Waals surface area contributed by atoms with Gasteiger partial charge in [-0.15, -0.1) is 0 Å². The number of ether oxygens (including phenoxy) is 2. The number of carbonyl (C=O) groups is 3. The van der Waals surface area contributed by atoms with E-state index in [0.717, 1.165) is 0 Å². The molecule has 0 aliphatic rings. The van der Waals surface area contributed by atoms with Crippen molar-refractivity contribution in [3.63, 3.8) is 0 Å². The molecule has 21 heavy (non-hydrogen) atoms. The molecule has 0 aromatic carbocycles. The molecule has 0 radical (unpaired) electrons. The lowest BCUT2D eigenvalue weighted by Gasteiger charge is -2.10. The highest BCUT2D eigenvalue weighted by molar-refractivity contribution is 6.06. The summed E-state index contributed by atoms with van der Waals surface area (Å²) in [5, 5.41) is 2.06. The molecule has 1 aromatic rings. The summed E-state index contributed by atoms with van der Waals surface area (Å²) in [5.74, 6) is -1.87. The molecular weight excluding hydrogens is 278 g/mol. The number of nitrogens with one attached hydrogen (secondary N) is 1. The fourth-order valence-electron chi connectivity index (χ4n) is 1.44. The third-order valence-electron chi connectivity index (χ3n) is 2.32. The van der Waals surface area contributed by atoms with Crippen molar-refractivity contribution in [3.05, 3.63) is 23.5 Å².